The van der Waals surface area contributed by atoms with Gasteiger partial charge in [0.05, 0.1) is 13.2 Å². The molecule has 1 saturated heterocycles. The first-order valence-corrected chi connectivity index (χ1v) is 5.22. The average molecular weight is 220 g/mol. The molecule has 0 aromatic rings. The maximum absolute atomic E-state index is 10.6. The van der Waals surface area contributed by atoms with Crippen molar-refractivity contribution >= 4 is 34.4 Å². The number of hydrogen-bond donors (Lipinski definition) is 1. The molecule has 1 N–H and O–H groups in total. The lowest BCUT2D eigenvalue weighted by atomic mass is 10.5. The van der Waals surface area contributed by atoms with E-state index in [-0.39, 0.29) is 5.91 Å². The van der Waals surface area contributed by atoms with E-state index in [0.29, 0.717) is 17.5 Å². The fourth-order valence-electron chi connectivity index (χ4n) is 0.926. The molecule has 0 aromatic carbocycles. The molecule has 6 heteroatoms. The number of thiocarbonyl (C=S) groups is 1. The molecule has 13 heavy (non-hydrogen) atoms. The van der Waals surface area contributed by atoms with Crippen LogP contribution in [0, 0.1) is 0 Å². The van der Waals surface area contributed by atoms with Crippen molar-refractivity contribution in [3.63, 3.8) is 0 Å². The number of hydrogen-bond acceptors (Lipinski definition) is 4. The van der Waals surface area contributed by atoms with Gasteiger partial charge in [-0.1, -0.05) is 12.2 Å². The highest BCUT2D eigenvalue weighted by Gasteiger charge is 2.14. The zero-order chi connectivity index (χ0) is 9.68. The van der Waals surface area contributed by atoms with Gasteiger partial charge in [-0.15, -0.1) is 0 Å². The number of nitrogens with zero attached hydrogens (tertiary/aromatic N) is 1. The summed E-state index contributed by atoms with van der Waals surface area (Å²) in [6, 6.07) is 0. The van der Waals surface area contributed by atoms with Crippen LogP contribution in [0.1, 0.15) is 6.92 Å². The van der Waals surface area contributed by atoms with Crippen molar-refractivity contribution in [1.82, 2.24) is 9.62 Å². The number of ether oxygens (including phenoxy) is 1. The van der Waals surface area contributed by atoms with E-state index in [0.717, 1.165) is 13.1 Å². The standard InChI is InChI=1S/C7H12N2O2S2/c1-6(10)8-13-7(12)9-2-4-11-5-3-9/h2-5H2,1H3,(H,8,10). The Bertz CT molecular complexity index is 205. The van der Waals surface area contributed by atoms with E-state index < -0.39 is 0 Å². The molecule has 1 aliphatic rings. The van der Waals surface area contributed by atoms with E-state index >= 15 is 0 Å². The lowest BCUT2D eigenvalue weighted by Crippen LogP contribution is -2.39. The monoisotopic (exact) mass is 220 g/mol. The molecule has 1 rings (SSSR count). The van der Waals surface area contributed by atoms with Crippen LogP contribution in [0.5, 0.6) is 0 Å². The van der Waals surface area contributed by atoms with Crippen molar-refractivity contribution in [2.24, 2.45) is 0 Å². The van der Waals surface area contributed by atoms with Gasteiger partial charge in [-0.05, 0) is 0 Å². The van der Waals surface area contributed by atoms with Gasteiger partial charge in [0.15, 0.2) is 4.32 Å². The van der Waals surface area contributed by atoms with Crippen LogP contribution >= 0.6 is 24.2 Å². The Morgan fingerprint density at radius 3 is 2.69 bits per heavy atom. The minimum absolute atomic E-state index is 0.0828. The second-order valence-corrected chi connectivity index (χ2v) is 4.07. The first-order valence-electron chi connectivity index (χ1n) is 4.00. The molecule has 1 amide bonds. The fourth-order valence-corrected chi connectivity index (χ4v) is 1.78. The largest absolute Gasteiger partial charge is 0.378 e. The minimum Gasteiger partial charge on any atom is -0.378 e. The molecule has 0 radical (unpaired) electrons. The summed E-state index contributed by atoms with van der Waals surface area (Å²) in [5.41, 5.74) is 0. The van der Waals surface area contributed by atoms with Gasteiger partial charge in [-0.25, -0.2) is 0 Å². The summed E-state index contributed by atoms with van der Waals surface area (Å²) < 4.78 is 8.48. The normalized spacial score (nSPS) is 16.8. The Balaban J connectivity index is 2.25. The maximum atomic E-state index is 10.6. The molecule has 0 bridgehead atoms. The van der Waals surface area contributed by atoms with Crippen LogP contribution in [-0.2, 0) is 9.53 Å². The number of morpholine rings is 1. The summed E-state index contributed by atoms with van der Waals surface area (Å²) in [5.74, 6) is -0.0828. The van der Waals surface area contributed by atoms with Crippen LogP contribution in [-0.4, -0.2) is 41.4 Å². The lowest BCUT2D eigenvalue weighted by molar-refractivity contribution is -0.117. The van der Waals surface area contributed by atoms with Crippen LogP contribution in [0.15, 0.2) is 0 Å². The average Bonchev–Trinajstić information content (AvgIpc) is 2.15. The van der Waals surface area contributed by atoms with E-state index in [1.54, 1.807) is 0 Å². The SMILES string of the molecule is CC(=O)NSC(=S)N1CCOCC1. The maximum Gasteiger partial charge on any atom is 0.227 e. The predicted octanol–water partition coefficient (Wildman–Crippen LogP) is 0.388. The molecule has 0 atom stereocenters. The smallest absolute Gasteiger partial charge is 0.227 e. The summed E-state index contributed by atoms with van der Waals surface area (Å²) in [6.45, 7) is 4.51. The van der Waals surface area contributed by atoms with Crippen molar-refractivity contribution in [2.45, 2.75) is 6.92 Å². The van der Waals surface area contributed by atoms with E-state index in [4.69, 9.17) is 17.0 Å². The van der Waals surface area contributed by atoms with Gasteiger partial charge in [0.1, 0.15) is 0 Å². The van der Waals surface area contributed by atoms with Crippen LogP contribution in [0.2, 0.25) is 0 Å². The van der Waals surface area contributed by atoms with E-state index in [9.17, 15) is 4.79 Å². The van der Waals surface area contributed by atoms with E-state index in [1.165, 1.54) is 18.9 Å². The summed E-state index contributed by atoms with van der Waals surface area (Å²) >= 11 is 6.30. The Morgan fingerprint density at radius 2 is 2.15 bits per heavy atom. The molecule has 0 aromatic heterocycles. The van der Waals surface area contributed by atoms with Crippen LogP contribution in [0.25, 0.3) is 0 Å². The highest BCUT2D eigenvalue weighted by Crippen LogP contribution is 2.07. The first-order chi connectivity index (χ1) is 6.20. The number of amides is 1. The highest BCUT2D eigenvalue weighted by molar-refractivity contribution is 8.21. The van der Waals surface area contributed by atoms with Crippen LogP contribution < -0.4 is 4.72 Å². The molecule has 0 saturated carbocycles. The molecule has 74 valence electrons. The Kier molecular flexibility index (Phi) is 4.47. The van der Waals surface area contributed by atoms with Crippen molar-refractivity contribution in [3.8, 4) is 0 Å². The Hall–Kier alpha value is -0.330. The molecule has 1 aliphatic heterocycles. The van der Waals surface area contributed by atoms with E-state index in [2.05, 4.69) is 4.72 Å². The third-order valence-corrected chi connectivity index (χ3v) is 2.88. The molecule has 0 spiro atoms. The quantitative estimate of drug-likeness (QED) is 0.472. The minimum atomic E-state index is -0.0828. The highest BCUT2D eigenvalue weighted by atomic mass is 32.2. The zero-order valence-corrected chi connectivity index (χ0v) is 9.04. The molecule has 1 fully saturated rings. The number of nitrogens with one attached hydrogen (secondary N) is 1. The predicted molar refractivity (Wildman–Crippen MR) is 56.4 cm³/mol. The summed E-state index contributed by atoms with van der Waals surface area (Å²) in [4.78, 5) is 12.6. The second-order valence-electron chi connectivity index (χ2n) is 2.63. The lowest BCUT2D eigenvalue weighted by Gasteiger charge is -2.28. The van der Waals surface area contributed by atoms with Crippen molar-refractivity contribution in [3.05, 3.63) is 0 Å². The van der Waals surface area contributed by atoms with Crippen LogP contribution in [0.3, 0.4) is 0 Å². The Morgan fingerprint density at radius 1 is 1.54 bits per heavy atom. The molecular formula is C7H12N2O2S2. The first kappa shape index (κ1) is 10.7. The number of carbonyl (C=O) groups excluding carboxylic acids is 1. The van der Waals surface area contributed by atoms with Gasteiger partial charge >= 0.3 is 0 Å². The number of carbonyl (C=O) groups is 1. The van der Waals surface area contributed by atoms with Gasteiger partial charge in [-0.3, -0.25) is 9.52 Å². The summed E-state index contributed by atoms with van der Waals surface area (Å²) in [6.07, 6.45) is 0. The van der Waals surface area contributed by atoms with E-state index in [1.807, 2.05) is 4.90 Å². The van der Waals surface area contributed by atoms with Crippen molar-refractivity contribution in [2.75, 3.05) is 26.3 Å². The van der Waals surface area contributed by atoms with Gasteiger partial charge < -0.3 is 9.64 Å². The Labute approximate surface area is 87.1 Å². The molecule has 4 nitrogen and oxygen atoms in total. The third kappa shape index (κ3) is 3.93. The van der Waals surface area contributed by atoms with Crippen LogP contribution in [0.4, 0.5) is 0 Å². The van der Waals surface area contributed by atoms with Gasteiger partial charge in [0.25, 0.3) is 0 Å². The molecule has 1 heterocycles. The van der Waals surface area contributed by atoms with Crippen molar-refractivity contribution in [1.29, 1.82) is 0 Å². The second kappa shape index (κ2) is 5.41. The van der Waals surface area contributed by atoms with Gasteiger partial charge in [-0.2, -0.15) is 0 Å². The molecule has 0 aliphatic carbocycles. The third-order valence-electron chi connectivity index (χ3n) is 1.55. The molecular weight excluding hydrogens is 208 g/mol. The van der Waals surface area contributed by atoms with Gasteiger partial charge in [0, 0.05) is 32.0 Å². The summed E-state index contributed by atoms with van der Waals surface area (Å²) in [5, 5.41) is 0. The van der Waals surface area contributed by atoms with Gasteiger partial charge in [0.2, 0.25) is 5.91 Å². The fraction of sp³-hybridized carbons (Fsp3) is 0.714. The zero-order valence-electron chi connectivity index (χ0n) is 7.41. The molecule has 0 unspecified atom stereocenters. The van der Waals surface area contributed by atoms with Crippen molar-refractivity contribution < 1.29 is 9.53 Å². The topological polar surface area (TPSA) is 41.6 Å². The number of rotatable bonds is 0. The summed E-state index contributed by atoms with van der Waals surface area (Å²) in [7, 11) is 0.